The third-order valence-corrected chi connectivity index (χ3v) is 2.47. The average molecular weight is 271 g/mol. The van der Waals surface area contributed by atoms with Crippen molar-refractivity contribution in [3.8, 4) is 11.1 Å². The molecule has 15 heavy (non-hydrogen) atoms. The lowest BCUT2D eigenvalue weighted by atomic mass is 10.1. The van der Waals surface area contributed by atoms with Crippen LogP contribution in [0.15, 0.2) is 35.3 Å². The predicted molar refractivity (Wildman–Crippen MR) is 55.1 cm³/mol. The maximum atomic E-state index is 12.9. The highest BCUT2D eigenvalue weighted by Gasteiger charge is 2.07. The van der Waals surface area contributed by atoms with Gasteiger partial charge in [-0.05, 0) is 33.6 Å². The molecule has 0 amide bonds. The number of aromatic nitrogens is 2. The Kier molecular flexibility index (Phi) is 2.73. The van der Waals surface area contributed by atoms with Gasteiger partial charge in [0.1, 0.15) is 22.6 Å². The molecule has 0 aliphatic carbocycles. The monoisotopic (exact) mass is 270 g/mol. The molecule has 0 radical (unpaired) electrons. The van der Waals surface area contributed by atoms with Crippen LogP contribution >= 0.6 is 15.9 Å². The number of hydrogen-bond donors (Lipinski definition) is 0. The Morgan fingerprint density at radius 3 is 2.33 bits per heavy atom. The van der Waals surface area contributed by atoms with Crippen LogP contribution in [0.4, 0.5) is 8.78 Å². The van der Waals surface area contributed by atoms with Crippen molar-refractivity contribution in [1.29, 1.82) is 0 Å². The van der Waals surface area contributed by atoms with E-state index in [1.54, 1.807) is 0 Å². The number of rotatable bonds is 1. The Morgan fingerprint density at radius 1 is 1.07 bits per heavy atom. The van der Waals surface area contributed by atoms with Gasteiger partial charge in [0.2, 0.25) is 0 Å². The van der Waals surface area contributed by atoms with Crippen LogP contribution in [-0.4, -0.2) is 9.97 Å². The normalized spacial score (nSPS) is 10.3. The molecule has 2 aromatic rings. The van der Waals surface area contributed by atoms with Crippen molar-refractivity contribution in [1.82, 2.24) is 9.97 Å². The van der Waals surface area contributed by atoms with Crippen LogP contribution in [0, 0.1) is 11.6 Å². The van der Waals surface area contributed by atoms with E-state index in [2.05, 4.69) is 25.9 Å². The number of halogens is 3. The molecule has 1 heterocycles. The molecule has 0 fully saturated rings. The van der Waals surface area contributed by atoms with Gasteiger partial charge in [-0.1, -0.05) is 0 Å². The lowest BCUT2D eigenvalue weighted by molar-refractivity contribution is 0.584. The second kappa shape index (κ2) is 4.02. The minimum absolute atomic E-state index is 0.403. The highest BCUT2D eigenvalue weighted by atomic mass is 79.9. The molecule has 0 aliphatic rings. The highest BCUT2D eigenvalue weighted by molar-refractivity contribution is 9.10. The van der Waals surface area contributed by atoms with Crippen LogP contribution in [0.1, 0.15) is 0 Å². The SMILES string of the molecule is Fc1cc(F)cc(-c2cncnc2Br)c1. The first-order valence-corrected chi connectivity index (χ1v) is 4.88. The van der Waals surface area contributed by atoms with Gasteiger partial charge in [0.25, 0.3) is 0 Å². The van der Waals surface area contributed by atoms with Gasteiger partial charge in [-0.2, -0.15) is 0 Å². The quantitative estimate of drug-likeness (QED) is 0.744. The summed E-state index contributed by atoms with van der Waals surface area (Å²) in [6.07, 6.45) is 2.84. The molecule has 1 aromatic heterocycles. The maximum Gasteiger partial charge on any atom is 0.126 e. The molecular formula is C10H5BrF2N2. The van der Waals surface area contributed by atoms with E-state index in [0.29, 0.717) is 15.7 Å². The fourth-order valence-electron chi connectivity index (χ4n) is 1.22. The maximum absolute atomic E-state index is 12.9. The van der Waals surface area contributed by atoms with Gasteiger partial charge in [-0.25, -0.2) is 18.7 Å². The molecule has 0 saturated heterocycles. The van der Waals surface area contributed by atoms with Gasteiger partial charge in [0, 0.05) is 17.8 Å². The van der Waals surface area contributed by atoms with Crippen LogP contribution in [0.3, 0.4) is 0 Å². The summed E-state index contributed by atoms with van der Waals surface area (Å²) in [5.74, 6) is -1.25. The lowest BCUT2D eigenvalue weighted by Crippen LogP contribution is -1.88. The van der Waals surface area contributed by atoms with Crippen LogP contribution in [0.5, 0.6) is 0 Å². The first-order chi connectivity index (χ1) is 7.16. The molecule has 0 unspecified atom stereocenters. The van der Waals surface area contributed by atoms with Crippen LogP contribution in [0.2, 0.25) is 0 Å². The molecule has 0 bridgehead atoms. The first kappa shape index (κ1) is 10.2. The Labute approximate surface area is 93.1 Å². The van der Waals surface area contributed by atoms with Gasteiger partial charge in [-0.15, -0.1) is 0 Å². The van der Waals surface area contributed by atoms with Gasteiger partial charge in [0.15, 0.2) is 0 Å². The summed E-state index contributed by atoms with van der Waals surface area (Å²) in [5, 5.41) is 0. The van der Waals surface area contributed by atoms with E-state index in [9.17, 15) is 8.78 Å². The van der Waals surface area contributed by atoms with Gasteiger partial charge < -0.3 is 0 Å². The summed E-state index contributed by atoms with van der Waals surface area (Å²) < 4.78 is 26.4. The van der Waals surface area contributed by atoms with Gasteiger partial charge >= 0.3 is 0 Å². The van der Waals surface area contributed by atoms with E-state index < -0.39 is 11.6 Å². The summed E-state index contributed by atoms with van der Waals surface area (Å²) in [4.78, 5) is 7.67. The molecular weight excluding hydrogens is 266 g/mol. The summed E-state index contributed by atoms with van der Waals surface area (Å²) in [7, 11) is 0. The van der Waals surface area contributed by atoms with E-state index in [1.165, 1.54) is 24.7 Å². The zero-order valence-electron chi connectivity index (χ0n) is 7.42. The Bertz CT molecular complexity index is 482. The van der Waals surface area contributed by atoms with Crippen LogP contribution in [-0.2, 0) is 0 Å². The number of hydrogen-bond acceptors (Lipinski definition) is 2. The lowest BCUT2D eigenvalue weighted by Gasteiger charge is -2.03. The molecule has 0 spiro atoms. The highest BCUT2D eigenvalue weighted by Crippen LogP contribution is 2.26. The van der Waals surface area contributed by atoms with Crippen molar-refractivity contribution in [2.24, 2.45) is 0 Å². The van der Waals surface area contributed by atoms with Crippen LogP contribution < -0.4 is 0 Å². The molecule has 0 atom stereocenters. The van der Waals surface area contributed by atoms with E-state index in [-0.39, 0.29) is 0 Å². The second-order valence-electron chi connectivity index (χ2n) is 2.89. The molecule has 0 N–H and O–H groups in total. The van der Waals surface area contributed by atoms with Crippen molar-refractivity contribution >= 4 is 15.9 Å². The van der Waals surface area contributed by atoms with E-state index >= 15 is 0 Å². The first-order valence-electron chi connectivity index (χ1n) is 4.09. The molecule has 5 heteroatoms. The fourth-order valence-corrected chi connectivity index (χ4v) is 1.64. The summed E-state index contributed by atoms with van der Waals surface area (Å²) in [6.45, 7) is 0. The van der Waals surface area contributed by atoms with E-state index in [0.717, 1.165) is 6.07 Å². The standard InChI is InChI=1S/C10H5BrF2N2/c11-10-9(4-14-5-15-10)6-1-7(12)3-8(13)2-6/h1-5H. The molecule has 0 saturated carbocycles. The largest absolute Gasteiger partial charge is 0.244 e. The predicted octanol–water partition coefficient (Wildman–Crippen LogP) is 3.18. The third kappa shape index (κ3) is 2.18. The fraction of sp³-hybridized carbons (Fsp3) is 0. The summed E-state index contributed by atoms with van der Waals surface area (Å²) in [5.41, 5.74) is 0.955. The number of nitrogens with zero attached hydrogens (tertiary/aromatic N) is 2. The molecule has 0 aliphatic heterocycles. The number of benzene rings is 1. The topological polar surface area (TPSA) is 25.8 Å². The second-order valence-corrected chi connectivity index (χ2v) is 3.64. The third-order valence-electron chi connectivity index (χ3n) is 1.84. The molecule has 1 aromatic carbocycles. The van der Waals surface area contributed by atoms with E-state index in [1.807, 2.05) is 0 Å². The molecule has 2 nitrogen and oxygen atoms in total. The Morgan fingerprint density at radius 2 is 1.73 bits per heavy atom. The Hall–Kier alpha value is -1.36. The van der Waals surface area contributed by atoms with E-state index in [4.69, 9.17) is 0 Å². The smallest absolute Gasteiger partial charge is 0.126 e. The van der Waals surface area contributed by atoms with Crippen molar-refractivity contribution in [2.45, 2.75) is 0 Å². The summed E-state index contributed by atoms with van der Waals surface area (Å²) in [6, 6.07) is 3.28. The zero-order valence-corrected chi connectivity index (χ0v) is 9.00. The zero-order chi connectivity index (χ0) is 10.8. The molecule has 76 valence electrons. The summed E-state index contributed by atoms with van der Waals surface area (Å²) >= 11 is 3.19. The van der Waals surface area contributed by atoms with Gasteiger partial charge in [0.05, 0.1) is 0 Å². The van der Waals surface area contributed by atoms with Gasteiger partial charge in [-0.3, -0.25) is 0 Å². The minimum atomic E-state index is -0.624. The average Bonchev–Trinajstić information content (AvgIpc) is 2.16. The minimum Gasteiger partial charge on any atom is -0.244 e. The van der Waals surface area contributed by atoms with Crippen LogP contribution in [0.25, 0.3) is 11.1 Å². The Balaban J connectivity index is 2.59. The van der Waals surface area contributed by atoms with Crippen molar-refractivity contribution < 1.29 is 8.78 Å². The van der Waals surface area contributed by atoms with Crippen molar-refractivity contribution in [3.05, 3.63) is 47.0 Å². The van der Waals surface area contributed by atoms with Crippen molar-refractivity contribution in [2.75, 3.05) is 0 Å². The molecule has 2 rings (SSSR count). The van der Waals surface area contributed by atoms with Crippen molar-refractivity contribution in [3.63, 3.8) is 0 Å².